The first kappa shape index (κ1) is 18.1. The topological polar surface area (TPSA) is 38.3 Å². The number of rotatable bonds is 8. The Hall–Kier alpha value is -2.20. The van der Waals surface area contributed by atoms with Crippen LogP contribution in [0.25, 0.3) is 6.08 Å². The number of benzene rings is 2. The lowest BCUT2D eigenvalue weighted by Crippen LogP contribution is -2.23. The normalized spacial score (nSPS) is 10.8. The average Bonchev–Trinajstić information content (AvgIpc) is 2.60. The van der Waals surface area contributed by atoms with Crippen molar-refractivity contribution in [2.75, 3.05) is 19.4 Å². The molecule has 0 saturated heterocycles. The molecule has 0 radical (unpaired) electrons. The minimum absolute atomic E-state index is 0.0861. The van der Waals surface area contributed by atoms with E-state index in [0.29, 0.717) is 6.54 Å². The molecule has 0 aromatic heterocycles. The molecule has 0 atom stereocenters. The molecule has 0 fully saturated rings. The number of hydrogen-bond donors (Lipinski definition) is 1. The number of carbonyl (C=O) groups excluding carboxylic acids is 1. The van der Waals surface area contributed by atoms with Gasteiger partial charge in [-0.1, -0.05) is 48.0 Å². The molecule has 2 aromatic rings. The zero-order chi connectivity index (χ0) is 17.2. The summed E-state index contributed by atoms with van der Waals surface area (Å²) < 4.78 is 5.25. The third kappa shape index (κ3) is 6.13. The molecule has 0 bridgehead atoms. The number of para-hydroxylation sites is 1. The van der Waals surface area contributed by atoms with Crippen molar-refractivity contribution in [1.29, 1.82) is 0 Å². The molecule has 0 saturated carbocycles. The molecular weight excluding hydrogens is 318 g/mol. The second-order valence-corrected chi connectivity index (χ2v) is 6.51. The minimum Gasteiger partial charge on any atom is -0.496 e. The standard InChI is InChI=1S/C20H23NO2S/c1-16-6-5-7-17(14-16)15-24-13-12-21-20(22)11-10-18-8-3-4-9-19(18)23-2/h3-11,14H,12-13,15H2,1-2H3,(H,21,22)/b11-10+. The molecule has 1 amide bonds. The molecule has 0 spiro atoms. The van der Waals surface area contributed by atoms with Crippen LogP contribution in [-0.2, 0) is 10.5 Å². The second-order valence-electron chi connectivity index (χ2n) is 5.41. The first-order valence-corrected chi connectivity index (χ1v) is 9.07. The number of hydrogen-bond acceptors (Lipinski definition) is 3. The molecule has 4 heteroatoms. The van der Waals surface area contributed by atoms with E-state index < -0.39 is 0 Å². The van der Waals surface area contributed by atoms with Crippen molar-refractivity contribution in [3.8, 4) is 5.75 Å². The van der Waals surface area contributed by atoms with Crippen LogP contribution in [0.15, 0.2) is 54.6 Å². The maximum Gasteiger partial charge on any atom is 0.244 e. The van der Waals surface area contributed by atoms with E-state index in [2.05, 4.69) is 36.5 Å². The third-order valence-electron chi connectivity index (χ3n) is 3.45. The lowest BCUT2D eigenvalue weighted by molar-refractivity contribution is -0.116. The van der Waals surface area contributed by atoms with Crippen molar-refractivity contribution in [3.05, 3.63) is 71.3 Å². The van der Waals surface area contributed by atoms with E-state index >= 15 is 0 Å². The zero-order valence-corrected chi connectivity index (χ0v) is 14.9. The van der Waals surface area contributed by atoms with Gasteiger partial charge in [-0.15, -0.1) is 0 Å². The molecule has 0 aliphatic heterocycles. The van der Waals surface area contributed by atoms with E-state index in [1.54, 1.807) is 19.3 Å². The predicted octanol–water partition coefficient (Wildman–Crippen LogP) is 4.07. The third-order valence-corrected chi connectivity index (χ3v) is 4.48. The van der Waals surface area contributed by atoms with E-state index in [1.807, 2.05) is 36.0 Å². The highest BCUT2D eigenvalue weighted by Crippen LogP contribution is 2.18. The number of thioether (sulfide) groups is 1. The Morgan fingerprint density at radius 3 is 2.83 bits per heavy atom. The van der Waals surface area contributed by atoms with Gasteiger partial charge >= 0.3 is 0 Å². The summed E-state index contributed by atoms with van der Waals surface area (Å²) in [6.07, 6.45) is 3.32. The van der Waals surface area contributed by atoms with E-state index in [1.165, 1.54) is 11.1 Å². The molecule has 126 valence electrons. The maximum atomic E-state index is 11.8. The summed E-state index contributed by atoms with van der Waals surface area (Å²) in [4.78, 5) is 11.8. The summed E-state index contributed by atoms with van der Waals surface area (Å²) in [5.41, 5.74) is 3.49. The van der Waals surface area contributed by atoms with E-state index in [-0.39, 0.29) is 5.91 Å². The predicted molar refractivity (Wildman–Crippen MR) is 102 cm³/mol. The Morgan fingerprint density at radius 2 is 2.04 bits per heavy atom. The summed E-state index contributed by atoms with van der Waals surface area (Å²) in [5, 5.41) is 2.90. The molecule has 0 heterocycles. The van der Waals surface area contributed by atoms with Crippen LogP contribution in [0.5, 0.6) is 5.75 Å². The smallest absolute Gasteiger partial charge is 0.244 e. The van der Waals surface area contributed by atoms with Gasteiger partial charge < -0.3 is 10.1 Å². The summed E-state index contributed by atoms with van der Waals surface area (Å²) in [6.45, 7) is 2.76. The van der Waals surface area contributed by atoms with Crippen LogP contribution in [0.4, 0.5) is 0 Å². The van der Waals surface area contributed by atoms with Crippen LogP contribution in [0.1, 0.15) is 16.7 Å². The molecular formula is C20H23NO2S. The molecule has 0 aliphatic carbocycles. The summed E-state index contributed by atoms with van der Waals surface area (Å²) in [6, 6.07) is 16.1. The summed E-state index contributed by atoms with van der Waals surface area (Å²) in [5.74, 6) is 2.53. The Bertz CT molecular complexity index is 698. The molecule has 0 unspecified atom stereocenters. The molecule has 24 heavy (non-hydrogen) atoms. The van der Waals surface area contributed by atoms with Crippen LogP contribution in [-0.4, -0.2) is 25.3 Å². The fourth-order valence-corrected chi connectivity index (χ4v) is 3.07. The van der Waals surface area contributed by atoms with Gasteiger partial charge in [0.2, 0.25) is 5.91 Å². The van der Waals surface area contributed by atoms with Crippen LogP contribution in [0.2, 0.25) is 0 Å². The zero-order valence-electron chi connectivity index (χ0n) is 14.1. The molecule has 2 rings (SSSR count). The van der Waals surface area contributed by atoms with Crippen molar-refractivity contribution in [2.24, 2.45) is 0 Å². The van der Waals surface area contributed by atoms with Gasteiger partial charge in [0.05, 0.1) is 7.11 Å². The van der Waals surface area contributed by atoms with Gasteiger partial charge in [-0.25, -0.2) is 0 Å². The van der Waals surface area contributed by atoms with Gasteiger partial charge in [-0.2, -0.15) is 11.8 Å². The fraction of sp³-hybridized carbons (Fsp3) is 0.250. The SMILES string of the molecule is COc1ccccc1/C=C/C(=O)NCCSCc1cccc(C)c1. The molecule has 1 N–H and O–H groups in total. The molecule has 3 nitrogen and oxygen atoms in total. The fourth-order valence-electron chi connectivity index (χ4n) is 2.27. The van der Waals surface area contributed by atoms with Crippen molar-refractivity contribution in [2.45, 2.75) is 12.7 Å². The van der Waals surface area contributed by atoms with E-state index in [0.717, 1.165) is 22.8 Å². The maximum absolute atomic E-state index is 11.8. The van der Waals surface area contributed by atoms with Gasteiger partial charge in [0, 0.05) is 29.7 Å². The highest BCUT2D eigenvalue weighted by Gasteiger charge is 2.00. The average molecular weight is 341 g/mol. The summed E-state index contributed by atoms with van der Waals surface area (Å²) >= 11 is 1.82. The second kappa shape index (κ2) is 9.83. The number of aryl methyl sites for hydroxylation is 1. The number of carbonyl (C=O) groups is 1. The number of nitrogens with one attached hydrogen (secondary N) is 1. The van der Waals surface area contributed by atoms with Gasteiger partial charge in [-0.05, 0) is 24.6 Å². The van der Waals surface area contributed by atoms with E-state index in [9.17, 15) is 4.79 Å². The van der Waals surface area contributed by atoms with Crippen molar-refractivity contribution >= 4 is 23.7 Å². The molecule has 0 aliphatic rings. The Labute approximate surface area is 148 Å². The number of ether oxygens (including phenoxy) is 1. The van der Waals surface area contributed by atoms with Gasteiger partial charge in [0.15, 0.2) is 0 Å². The Balaban J connectivity index is 1.69. The Morgan fingerprint density at radius 1 is 1.21 bits per heavy atom. The number of methoxy groups -OCH3 is 1. The van der Waals surface area contributed by atoms with Crippen LogP contribution < -0.4 is 10.1 Å². The quantitative estimate of drug-likeness (QED) is 0.581. The van der Waals surface area contributed by atoms with Gasteiger partial charge in [0.25, 0.3) is 0 Å². The Kier molecular flexibility index (Phi) is 7.43. The number of amides is 1. The lowest BCUT2D eigenvalue weighted by Gasteiger charge is -2.05. The minimum atomic E-state index is -0.0861. The largest absolute Gasteiger partial charge is 0.496 e. The van der Waals surface area contributed by atoms with E-state index in [4.69, 9.17) is 4.74 Å². The van der Waals surface area contributed by atoms with Crippen LogP contribution >= 0.6 is 11.8 Å². The van der Waals surface area contributed by atoms with Crippen LogP contribution in [0.3, 0.4) is 0 Å². The van der Waals surface area contributed by atoms with Gasteiger partial charge in [0.1, 0.15) is 5.75 Å². The highest BCUT2D eigenvalue weighted by molar-refractivity contribution is 7.98. The highest BCUT2D eigenvalue weighted by atomic mass is 32.2. The van der Waals surface area contributed by atoms with Crippen LogP contribution in [0, 0.1) is 6.92 Å². The van der Waals surface area contributed by atoms with Gasteiger partial charge in [-0.3, -0.25) is 4.79 Å². The first-order chi connectivity index (χ1) is 11.7. The van der Waals surface area contributed by atoms with Crippen molar-refractivity contribution < 1.29 is 9.53 Å². The monoisotopic (exact) mass is 341 g/mol. The van der Waals surface area contributed by atoms with Crippen molar-refractivity contribution in [1.82, 2.24) is 5.32 Å². The lowest BCUT2D eigenvalue weighted by atomic mass is 10.2. The first-order valence-electron chi connectivity index (χ1n) is 7.91. The summed E-state index contributed by atoms with van der Waals surface area (Å²) in [7, 11) is 1.62. The molecule has 2 aromatic carbocycles. The van der Waals surface area contributed by atoms with Crippen molar-refractivity contribution in [3.63, 3.8) is 0 Å².